The van der Waals surface area contributed by atoms with E-state index in [-0.39, 0.29) is 57.4 Å². The largest absolute Gasteiger partial charge is 0.508 e. The Hall–Kier alpha value is -12.0. The summed E-state index contributed by atoms with van der Waals surface area (Å²) < 4.78 is 57.8. The van der Waals surface area contributed by atoms with E-state index in [1.54, 1.807) is 0 Å². The summed E-state index contributed by atoms with van der Waals surface area (Å²) in [5.41, 5.74) is 2.93. The summed E-state index contributed by atoms with van der Waals surface area (Å²) in [5, 5.41) is 197. The van der Waals surface area contributed by atoms with E-state index in [0.29, 0.717) is 44.9 Å². The number of aliphatic carboxylic acids is 2. The predicted octanol–water partition coefficient (Wildman–Crippen LogP) is 1.75. The lowest BCUT2D eigenvalue weighted by molar-refractivity contribution is -0.284. The van der Waals surface area contributed by atoms with Crippen molar-refractivity contribution >= 4 is 76.5 Å². The molecule has 132 heavy (non-hydrogen) atoms. The molecule has 7 amide bonds. The van der Waals surface area contributed by atoms with E-state index in [2.05, 4.69) is 37.2 Å². The van der Waals surface area contributed by atoms with Gasteiger partial charge in [0.15, 0.2) is 35.3 Å². The lowest BCUT2D eigenvalue weighted by Crippen LogP contribution is -2.65. The Labute approximate surface area is 758 Å². The van der Waals surface area contributed by atoms with Gasteiger partial charge in [0.05, 0.1) is 41.9 Å². The van der Waals surface area contributed by atoms with Crippen LogP contribution in [-0.4, -0.2) is 253 Å². The minimum atomic E-state index is -2.58. The minimum absolute atomic E-state index is 0.00779. The molecule has 0 aromatic heterocycles. The highest BCUT2D eigenvalue weighted by molar-refractivity contribution is 6.32. The van der Waals surface area contributed by atoms with E-state index in [1.807, 2.05) is 0 Å². The smallest absolute Gasteiger partial charge is 0.330 e. The van der Waals surface area contributed by atoms with Crippen molar-refractivity contribution in [2.75, 3.05) is 19.8 Å². The fourth-order valence-electron chi connectivity index (χ4n) is 16.8. The number of carbonyl (C=O) groups is 9. The van der Waals surface area contributed by atoms with Crippen LogP contribution in [0.1, 0.15) is 140 Å². The number of aliphatic hydroxyl groups is 10. The third-order valence-electron chi connectivity index (χ3n) is 23.7. The second-order valence-electron chi connectivity index (χ2n) is 32.8. The van der Waals surface area contributed by atoms with Crippen LogP contribution < -0.4 is 66.6 Å². The number of phenols is 4. The molecule has 0 unspecified atom stereocenters. The Bertz CT molecular complexity index is 5540. The number of hydrogen-bond acceptors (Lipinski definition) is 33. The number of benzene rings is 7. The van der Waals surface area contributed by atoms with Crippen molar-refractivity contribution in [3.8, 4) is 80.1 Å². The quantitative estimate of drug-likeness (QED) is 0.0456. The first-order valence-corrected chi connectivity index (χ1v) is 42.7. The van der Waals surface area contributed by atoms with E-state index in [0.717, 1.165) is 91.9 Å². The van der Waals surface area contributed by atoms with Crippen molar-refractivity contribution < 1.29 is 167 Å². The van der Waals surface area contributed by atoms with Crippen molar-refractivity contribution in [1.82, 2.24) is 37.2 Å². The highest BCUT2D eigenvalue weighted by Crippen LogP contribution is 2.52. The molecule has 0 spiro atoms. The molecule has 25 N–H and O–H groups in total. The number of rotatable bonds is 21. The van der Waals surface area contributed by atoms with E-state index >= 15 is 24.0 Å². The van der Waals surface area contributed by atoms with E-state index in [9.17, 15) is 101 Å². The Morgan fingerprint density at radius 2 is 1.04 bits per heavy atom. The minimum Gasteiger partial charge on any atom is -0.508 e. The number of nitrogens with two attached hydrogens (primary N) is 1. The van der Waals surface area contributed by atoms with Gasteiger partial charge in [-0.1, -0.05) is 86.0 Å². The molecule has 7 aromatic carbocycles. The summed E-state index contributed by atoms with van der Waals surface area (Å²) in [7, 11) is 0. The zero-order valence-electron chi connectivity index (χ0n) is 69.8. The number of ether oxygens (including phenoxy) is 9. The molecule has 706 valence electrons. The predicted molar refractivity (Wildman–Crippen MR) is 451 cm³/mol. The van der Waals surface area contributed by atoms with Crippen LogP contribution in [0.2, 0.25) is 10.0 Å². The molecule has 7 aromatic rings. The first-order valence-electron chi connectivity index (χ1n) is 42.0. The average Bonchev–Trinajstić information content (AvgIpc) is 0.750. The summed E-state index contributed by atoms with van der Waals surface area (Å²) >= 11 is 14.8. The zero-order chi connectivity index (χ0) is 94.7. The zero-order valence-corrected chi connectivity index (χ0v) is 71.3. The lowest BCUT2D eigenvalue weighted by Gasteiger charge is -2.44. The van der Waals surface area contributed by atoms with E-state index in [1.165, 1.54) is 30.3 Å². The molecule has 9 aliphatic heterocycles. The van der Waals surface area contributed by atoms with Crippen LogP contribution in [0.25, 0.3) is 11.1 Å². The van der Waals surface area contributed by atoms with E-state index in [4.69, 9.17) is 71.6 Å². The maximum atomic E-state index is 17.0. The summed E-state index contributed by atoms with van der Waals surface area (Å²) in [4.78, 5) is 135. The van der Waals surface area contributed by atoms with Gasteiger partial charge in [-0.3, -0.25) is 38.4 Å². The summed E-state index contributed by atoms with van der Waals surface area (Å²) in [6, 6.07) is 2.94. The molecule has 9 heterocycles. The van der Waals surface area contributed by atoms with Gasteiger partial charge >= 0.3 is 11.9 Å². The second kappa shape index (κ2) is 41.0. The number of hydrogen-bond donors (Lipinski definition) is 24. The molecular weight excluding hydrogens is 1780 g/mol. The number of amides is 7. The van der Waals surface area contributed by atoms with Gasteiger partial charge in [0, 0.05) is 48.6 Å². The van der Waals surface area contributed by atoms with Gasteiger partial charge in [0.1, 0.15) is 144 Å². The van der Waals surface area contributed by atoms with Gasteiger partial charge in [-0.05, 0) is 125 Å². The molecule has 3 saturated heterocycles. The molecule has 0 saturated carbocycles. The fraction of sp³-hybridized carbons (Fsp3) is 0.420. The number of halogens is 2. The van der Waals surface area contributed by atoms with Crippen LogP contribution >= 0.6 is 23.2 Å². The number of nitrogens with one attached hydrogen (secondary N) is 7. The fourth-order valence-corrected chi connectivity index (χ4v) is 17.3. The van der Waals surface area contributed by atoms with Crippen molar-refractivity contribution in [3.05, 3.63) is 164 Å². The number of phenolic OH excluding ortho intramolecular Hbond substituents is 4. The Morgan fingerprint density at radius 3 is 1.67 bits per heavy atom. The highest BCUT2D eigenvalue weighted by Gasteiger charge is 2.52. The number of carboxylic acid groups (broad SMARTS) is 2. The lowest BCUT2D eigenvalue weighted by atomic mass is 9.86. The summed E-state index contributed by atoms with van der Waals surface area (Å²) in [6.07, 6.45) is -24.4. The van der Waals surface area contributed by atoms with Gasteiger partial charge in [-0.15, -0.1) is 0 Å². The summed E-state index contributed by atoms with van der Waals surface area (Å²) in [6.45, 7) is -2.08. The monoisotopic (exact) mass is 1880 g/mol. The molecule has 3 fully saturated rings. The second-order valence-corrected chi connectivity index (χ2v) is 33.6. The maximum absolute atomic E-state index is 17.0. The SMILES string of the molecule is CC(=O)N[C@H]1[C@H](O[C@@H]2c3ccc(c(Cl)c3)Oc3cc4cc(c3O[C@@H]3O[C@H](CO)[C@@H](O)[C@H](O)[C@H]3CCCCCCCCCC(=O)O)Oc3ccc(cc3Cl)C[C@H]3NC(=O)[C@H](N)c5ccc(O)c(c5)Oc5cc(O)cc(c5)[C@H](NC3=O)C(=O)N[C@H]4C(=O)N[C@H]3C(=O)N[C@@H]2C(=O)N[C@H](C(=O)O)c2cc(O)cc(O[C@H]4O[C@H](CO)[C@@H](O)[C@H](O)[C@@H]4O)c2-c2cc3ccc2O)O[C@H](CO)[C@@H](O)[C@@H]1O. The maximum Gasteiger partial charge on any atom is 0.330 e. The molecule has 17 bridgehead atoms. The third-order valence-corrected chi connectivity index (χ3v) is 24.3. The number of unbranched alkanes of at least 4 members (excludes halogenated alkanes) is 6. The first-order chi connectivity index (χ1) is 63.0. The van der Waals surface area contributed by atoms with Crippen molar-refractivity contribution in [2.45, 2.75) is 205 Å². The van der Waals surface area contributed by atoms with E-state index < -0.39 is 304 Å². The Balaban J connectivity index is 1.03. The van der Waals surface area contributed by atoms with Crippen LogP contribution in [-0.2, 0) is 68.5 Å². The molecule has 42 nitrogen and oxygen atoms in total. The van der Waals surface area contributed by atoms with Crippen molar-refractivity contribution in [1.29, 1.82) is 0 Å². The first kappa shape index (κ1) is 96.0. The van der Waals surface area contributed by atoms with Gasteiger partial charge < -0.3 is 167 Å². The number of aromatic hydroxyl groups is 4. The van der Waals surface area contributed by atoms with Crippen LogP contribution in [0.15, 0.2) is 115 Å². The van der Waals surface area contributed by atoms with Gasteiger partial charge in [0.25, 0.3) is 0 Å². The number of aliphatic hydroxyl groups excluding tert-OH is 10. The third kappa shape index (κ3) is 20.9. The summed E-state index contributed by atoms with van der Waals surface area (Å²) in [5.74, 6) is -20.6. The topological polar surface area (TPSA) is 671 Å². The molecule has 0 radical (unpaired) electrons. The number of carboxylic acids is 2. The normalized spacial score (nSPS) is 28.9. The molecule has 16 rings (SSSR count). The molecule has 23 atom stereocenters. The number of carbonyl (C=O) groups excluding carboxylic acids is 7. The van der Waals surface area contributed by atoms with Gasteiger partial charge in [-0.25, -0.2) is 4.79 Å². The van der Waals surface area contributed by atoms with Crippen molar-refractivity contribution in [3.63, 3.8) is 0 Å². The van der Waals surface area contributed by atoms with Gasteiger partial charge in [0.2, 0.25) is 59.7 Å². The molecule has 44 heteroatoms. The standard InChI is InChI=1S/C88H96Cl2N8O34/c1-34(102)92-68-74(113)72(111)59(32-100)129-87(68)131-77-38-14-18-53(48(90)24-38)126-57-27-40-26-56(78(57)132-86-44(70(109)71(110)58(31-99)128-86)9-7-5-3-2-4-6-8-10-61(107)108)125-52-17-11-35(19-47(52)89)20-49-79(116)94-65(39-21-41(103)28-43(22-39)124-54-25-36(12-16-51(54)106)63(91)80(117)93-49)82(119)96-66(40)83(120)95-64-37-13-15-50(105)45(23-37)62-46(67(85(122)123)97-84(121)69(77)98-81(64)118)29-42(104)30-55(62)127-88-76(115)75(114)73(112)60(33-101)130-88/h11-19,21-30,44,49,58-60,63-77,86-88,99-101,103-106,109-115H,2-10,20,31-33,91H2,1H3,(H,92,102)(H,93,117)(H,94,116)(H,95,120)(H,96,119)(H,97,121)(H,98,118)(H,107,108)(H,122,123)/t44-,49-,58-,59-,60-,63-,64-,65+,66-,67+,68-,69+,70-,71-,72-,73-,74-,75+,76+,77-,86+,87+,88+/m1/s1. The van der Waals surface area contributed by atoms with Gasteiger partial charge in [-0.2, -0.15) is 0 Å². The highest BCUT2D eigenvalue weighted by atomic mass is 35.5. The van der Waals surface area contributed by atoms with Crippen molar-refractivity contribution in [2.24, 2.45) is 11.7 Å². The van der Waals surface area contributed by atoms with Crippen LogP contribution in [0.3, 0.4) is 0 Å². The van der Waals surface area contributed by atoms with Crippen LogP contribution in [0.4, 0.5) is 0 Å². The van der Waals surface area contributed by atoms with Crippen LogP contribution in [0.5, 0.6) is 69.0 Å². The average molecular weight is 1880 g/mol. The van der Waals surface area contributed by atoms with Crippen LogP contribution in [0, 0.1) is 5.92 Å². The number of fused-ring (bicyclic) bond motifs is 14. The molecular formula is C88H96Cl2N8O34. The molecule has 9 aliphatic rings. The Morgan fingerprint density at radius 1 is 0.485 bits per heavy atom. The molecule has 0 aliphatic carbocycles. The Kier molecular flexibility index (Phi) is 29.8.